The molecule has 0 saturated carbocycles. The molecule has 5 nitrogen and oxygen atoms in total. The van der Waals surface area contributed by atoms with Crippen LogP contribution in [0, 0.1) is 6.92 Å². The van der Waals surface area contributed by atoms with Crippen LogP contribution in [-0.2, 0) is 0 Å². The second-order valence-corrected chi connectivity index (χ2v) is 6.55. The molecule has 3 rings (SSSR count). The topological polar surface area (TPSA) is 59.0 Å². The highest BCUT2D eigenvalue weighted by Crippen LogP contribution is 2.30. The van der Waals surface area contributed by atoms with E-state index in [-0.39, 0.29) is 5.92 Å². The SMILES string of the molecule is CCOc1cc(C)c(/C=N\N2C(=O)c3ccccc3C2=O)cc1C(C)C. The zero-order valence-corrected chi connectivity index (χ0v) is 15.4. The first kappa shape index (κ1) is 17.9. The van der Waals surface area contributed by atoms with Gasteiger partial charge in [-0.3, -0.25) is 9.59 Å². The Hall–Kier alpha value is -2.95. The third kappa shape index (κ3) is 3.12. The van der Waals surface area contributed by atoms with Gasteiger partial charge in [0.15, 0.2) is 0 Å². The van der Waals surface area contributed by atoms with Crippen molar-refractivity contribution in [2.45, 2.75) is 33.6 Å². The number of imide groups is 1. The molecule has 0 aromatic heterocycles. The van der Waals surface area contributed by atoms with Crippen LogP contribution in [0.1, 0.15) is 64.1 Å². The number of hydrazone groups is 1. The van der Waals surface area contributed by atoms with Crippen molar-refractivity contribution in [2.75, 3.05) is 6.61 Å². The number of nitrogens with zero attached hydrogens (tertiary/aromatic N) is 2. The molecule has 1 heterocycles. The third-order valence-corrected chi connectivity index (χ3v) is 4.41. The van der Waals surface area contributed by atoms with Crippen molar-refractivity contribution in [1.82, 2.24) is 5.01 Å². The average Bonchev–Trinajstić information content (AvgIpc) is 2.86. The molecule has 1 aliphatic rings. The van der Waals surface area contributed by atoms with E-state index in [0.29, 0.717) is 17.7 Å². The van der Waals surface area contributed by atoms with Crippen molar-refractivity contribution >= 4 is 18.0 Å². The zero-order valence-electron chi connectivity index (χ0n) is 15.4. The number of hydrogen-bond acceptors (Lipinski definition) is 4. The Morgan fingerprint density at radius 1 is 1.12 bits per heavy atom. The highest BCUT2D eigenvalue weighted by atomic mass is 16.5. The first-order valence-electron chi connectivity index (χ1n) is 8.73. The molecule has 0 unspecified atom stereocenters. The van der Waals surface area contributed by atoms with E-state index < -0.39 is 11.8 Å². The van der Waals surface area contributed by atoms with Gasteiger partial charge in [0.05, 0.1) is 23.9 Å². The summed E-state index contributed by atoms with van der Waals surface area (Å²) in [5, 5.41) is 5.10. The van der Waals surface area contributed by atoms with Crippen LogP contribution in [0.15, 0.2) is 41.5 Å². The molecular weight excluding hydrogens is 328 g/mol. The molecule has 134 valence electrons. The Morgan fingerprint density at radius 2 is 1.73 bits per heavy atom. The van der Waals surface area contributed by atoms with E-state index in [1.165, 1.54) is 0 Å². The first-order chi connectivity index (χ1) is 12.4. The Morgan fingerprint density at radius 3 is 2.27 bits per heavy atom. The van der Waals surface area contributed by atoms with Gasteiger partial charge in [0.2, 0.25) is 0 Å². The molecule has 0 aliphatic carbocycles. The molecule has 0 fully saturated rings. The molecule has 0 N–H and O–H groups in total. The van der Waals surface area contributed by atoms with Crippen LogP contribution >= 0.6 is 0 Å². The van der Waals surface area contributed by atoms with Gasteiger partial charge in [-0.2, -0.15) is 10.1 Å². The summed E-state index contributed by atoms with van der Waals surface area (Å²) < 4.78 is 5.73. The number of amides is 2. The lowest BCUT2D eigenvalue weighted by Gasteiger charge is -2.16. The van der Waals surface area contributed by atoms with Crippen molar-refractivity contribution < 1.29 is 14.3 Å². The van der Waals surface area contributed by atoms with Crippen molar-refractivity contribution in [3.05, 3.63) is 64.2 Å². The summed E-state index contributed by atoms with van der Waals surface area (Å²) in [6.45, 7) is 8.70. The molecule has 2 aromatic rings. The maximum atomic E-state index is 12.4. The van der Waals surface area contributed by atoms with Crippen LogP contribution in [0.5, 0.6) is 5.75 Å². The van der Waals surface area contributed by atoms with Crippen molar-refractivity contribution in [1.29, 1.82) is 0 Å². The Bertz CT molecular complexity index is 865. The van der Waals surface area contributed by atoms with E-state index in [2.05, 4.69) is 18.9 Å². The van der Waals surface area contributed by atoms with Crippen LogP contribution in [0.2, 0.25) is 0 Å². The van der Waals surface area contributed by atoms with Gasteiger partial charge in [0.1, 0.15) is 5.75 Å². The van der Waals surface area contributed by atoms with Gasteiger partial charge in [-0.1, -0.05) is 26.0 Å². The fourth-order valence-corrected chi connectivity index (χ4v) is 2.99. The largest absolute Gasteiger partial charge is 0.494 e. The summed E-state index contributed by atoms with van der Waals surface area (Å²) in [5.41, 5.74) is 3.68. The molecule has 2 aromatic carbocycles. The van der Waals surface area contributed by atoms with Gasteiger partial charge in [0, 0.05) is 0 Å². The van der Waals surface area contributed by atoms with Crippen LogP contribution in [0.4, 0.5) is 0 Å². The predicted octanol–water partition coefficient (Wildman–Crippen LogP) is 4.15. The summed E-state index contributed by atoms with van der Waals surface area (Å²) in [6.07, 6.45) is 1.57. The van der Waals surface area contributed by atoms with E-state index in [4.69, 9.17) is 4.74 Å². The van der Waals surface area contributed by atoms with Gasteiger partial charge >= 0.3 is 0 Å². The molecule has 0 spiro atoms. The number of carbonyl (C=O) groups is 2. The van der Waals surface area contributed by atoms with E-state index in [1.54, 1.807) is 30.5 Å². The van der Waals surface area contributed by atoms with Crippen LogP contribution < -0.4 is 4.74 Å². The lowest BCUT2D eigenvalue weighted by atomic mass is 9.97. The Balaban J connectivity index is 1.93. The summed E-state index contributed by atoms with van der Waals surface area (Å²) in [7, 11) is 0. The zero-order chi connectivity index (χ0) is 18.8. The highest BCUT2D eigenvalue weighted by molar-refractivity contribution is 6.21. The average molecular weight is 350 g/mol. The fourth-order valence-electron chi connectivity index (χ4n) is 2.99. The maximum Gasteiger partial charge on any atom is 0.282 e. The Labute approximate surface area is 153 Å². The maximum absolute atomic E-state index is 12.4. The summed E-state index contributed by atoms with van der Waals surface area (Å²) in [5.74, 6) is 0.352. The molecule has 1 aliphatic heterocycles. The van der Waals surface area contributed by atoms with E-state index in [9.17, 15) is 9.59 Å². The molecule has 0 saturated heterocycles. The number of aryl methyl sites for hydroxylation is 1. The third-order valence-electron chi connectivity index (χ3n) is 4.41. The van der Waals surface area contributed by atoms with Gasteiger partial charge in [0.25, 0.3) is 11.8 Å². The molecule has 0 bridgehead atoms. The number of fused-ring (bicyclic) bond motifs is 1. The second-order valence-electron chi connectivity index (χ2n) is 6.55. The fraction of sp³-hybridized carbons (Fsp3) is 0.286. The minimum Gasteiger partial charge on any atom is -0.494 e. The van der Waals surface area contributed by atoms with Crippen LogP contribution in [-0.4, -0.2) is 29.6 Å². The van der Waals surface area contributed by atoms with Gasteiger partial charge in [-0.05, 0) is 60.7 Å². The number of hydrogen-bond donors (Lipinski definition) is 0. The van der Waals surface area contributed by atoms with Crippen LogP contribution in [0.25, 0.3) is 0 Å². The monoisotopic (exact) mass is 350 g/mol. The smallest absolute Gasteiger partial charge is 0.282 e. The normalized spacial score (nSPS) is 13.8. The molecule has 0 radical (unpaired) electrons. The second kappa shape index (κ2) is 7.12. The van der Waals surface area contributed by atoms with Crippen molar-refractivity contribution in [3.63, 3.8) is 0 Å². The molecule has 0 atom stereocenters. The number of carbonyl (C=O) groups excluding carboxylic acids is 2. The predicted molar refractivity (Wildman–Crippen MR) is 101 cm³/mol. The molecule has 5 heteroatoms. The lowest BCUT2D eigenvalue weighted by Crippen LogP contribution is -2.24. The van der Waals surface area contributed by atoms with Crippen molar-refractivity contribution in [2.24, 2.45) is 5.10 Å². The quantitative estimate of drug-likeness (QED) is 0.601. The van der Waals surface area contributed by atoms with E-state index in [1.807, 2.05) is 26.0 Å². The molecule has 2 amide bonds. The molecular formula is C21H22N2O3. The number of benzene rings is 2. The molecule has 26 heavy (non-hydrogen) atoms. The summed E-state index contributed by atoms with van der Waals surface area (Å²) in [6, 6.07) is 10.7. The van der Waals surface area contributed by atoms with Crippen LogP contribution in [0.3, 0.4) is 0 Å². The summed E-state index contributed by atoms with van der Waals surface area (Å²) >= 11 is 0. The lowest BCUT2D eigenvalue weighted by molar-refractivity contribution is 0.0660. The standard InChI is InChI=1S/C21H22N2O3/c1-5-26-19-10-14(4)15(11-18(19)13(2)3)12-22-23-20(24)16-8-6-7-9-17(16)21(23)25/h6-13H,5H2,1-4H3/b22-12-. The Kier molecular flexibility index (Phi) is 4.89. The minimum atomic E-state index is -0.394. The van der Waals surface area contributed by atoms with Crippen molar-refractivity contribution in [3.8, 4) is 5.75 Å². The first-order valence-corrected chi connectivity index (χ1v) is 8.73. The van der Waals surface area contributed by atoms with Gasteiger partial charge in [-0.15, -0.1) is 0 Å². The van der Waals surface area contributed by atoms with E-state index >= 15 is 0 Å². The number of ether oxygens (including phenoxy) is 1. The number of rotatable bonds is 5. The van der Waals surface area contributed by atoms with E-state index in [0.717, 1.165) is 27.4 Å². The highest BCUT2D eigenvalue weighted by Gasteiger charge is 2.35. The summed E-state index contributed by atoms with van der Waals surface area (Å²) in [4.78, 5) is 24.8. The van der Waals surface area contributed by atoms with Gasteiger partial charge < -0.3 is 4.74 Å². The van der Waals surface area contributed by atoms with Gasteiger partial charge in [-0.25, -0.2) is 0 Å². The minimum absolute atomic E-state index is 0.281.